The third kappa shape index (κ3) is 3.34. The molecule has 1 aliphatic rings. The number of anilines is 2. The van der Waals surface area contributed by atoms with Crippen molar-refractivity contribution in [2.45, 2.75) is 46.0 Å². The first-order valence-corrected chi connectivity index (χ1v) is 7.10. The second kappa shape index (κ2) is 6.57. The molecular formula is C14H24N4. The fourth-order valence-electron chi connectivity index (χ4n) is 2.61. The zero-order valence-corrected chi connectivity index (χ0v) is 11.5. The molecule has 0 saturated heterocycles. The standard InChI is InChI=1S/C14H24N4/c1-3-15-13-11(2)14(18-10-17-13)16-9-12-7-5-4-6-8-12/h10,12H,3-9H2,1-2H3,(H2,15,16,17,18). The number of nitrogens with zero attached hydrogens (tertiary/aromatic N) is 2. The van der Waals surface area contributed by atoms with Crippen LogP contribution in [0.15, 0.2) is 6.33 Å². The lowest BCUT2D eigenvalue weighted by Crippen LogP contribution is -2.18. The molecule has 1 aromatic heterocycles. The Hall–Kier alpha value is -1.32. The molecule has 1 aromatic rings. The Kier molecular flexibility index (Phi) is 4.79. The van der Waals surface area contributed by atoms with E-state index in [0.29, 0.717) is 0 Å². The molecule has 2 N–H and O–H groups in total. The Morgan fingerprint density at radius 2 is 1.78 bits per heavy atom. The maximum Gasteiger partial charge on any atom is 0.134 e. The van der Waals surface area contributed by atoms with E-state index >= 15 is 0 Å². The number of nitrogens with one attached hydrogen (secondary N) is 2. The molecule has 1 heterocycles. The van der Waals surface area contributed by atoms with Gasteiger partial charge in [-0.05, 0) is 32.6 Å². The van der Waals surface area contributed by atoms with Gasteiger partial charge in [0, 0.05) is 18.7 Å². The Labute approximate surface area is 110 Å². The molecule has 1 fully saturated rings. The van der Waals surface area contributed by atoms with E-state index in [1.807, 2.05) is 0 Å². The summed E-state index contributed by atoms with van der Waals surface area (Å²) < 4.78 is 0. The van der Waals surface area contributed by atoms with Gasteiger partial charge in [-0.3, -0.25) is 0 Å². The van der Waals surface area contributed by atoms with Crippen molar-refractivity contribution in [2.75, 3.05) is 23.7 Å². The van der Waals surface area contributed by atoms with Crippen LogP contribution < -0.4 is 10.6 Å². The van der Waals surface area contributed by atoms with Crippen LogP contribution in [0.5, 0.6) is 0 Å². The fourth-order valence-corrected chi connectivity index (χ4v) is 2.61. The fraction of sp³-hybridized carbons (Fsp3) is 0.714. The molecule has 2 rings (SSSR count). The Morgan fingerprint density at radius 3 is 2.44 bits per heavy atom. The molecule has 0 radical (unpaired) electrons. The van der Waals surface area contributed by atoms with Crippen LogP contribution in [0, 0.1) is 12.8 Å². The summed E-state index contributed by atoms with van der Waals surface area (Å²) in [5.74, 6) is 2.74. The summed E-state index contributed by atoms with van der Waals surface area (Å²) in [6, 6.07) is 0. The van der Waals surface area contributed by atoms with Gasteiger partial charge in [-0.2, -0.15) is 0 Å². The highest BCUT2D eigenvalue weighted by Crippen LogP contribution is 2.25. The van der Waals surface area contributed by atoms with Gasteiger partial charge < -0.3 is 10.6 Å². The van der Waals surface area contributed by atoms with Gasteiger partial charge in [0.25, 0.3) is 0 Å². The van der Waals surface area contributed by atoms with Gasteiger partial charge in [0.15, 0.2) is 0 Å². The normalized spacial score (nSPS) is 16.6. The first-order valence-electron chi connectivity index (χ1n) is 7.10. The lowest BCUT2D eigenvalue weighted by Gasteiger charge is -2.22. The predicted molar refractivity (Wildman–Crippen MR) is 76.0 cm³/mol. The monoisotopic (exact) mass is 248 g/mol. The first-order chi connectivity index (χ1) is 8.81. The molecule has 4 heteroatoms. The second-order valence-corrected chi connectivity index (χ2v) is 5.11. The topological polar surface area (TPSA) is 49.8 Å². The smallest absolute Gasteiger partial charge is 0.134 e. The maximum atomic E-state index is 4.34. The van der Waals surface area contributed by atoms with E-state index in [4.69, 9.17) is 0 Å². The summed E-state index contributed by atoms with van der Waals surface area (Å²) in [7, 11) is 0. The van der Waals surface area contributed by atoms with Crippen LogP contribution in [0.25, 0.3) is 0 Å². The van der Waals surface area contributed by atoms with Gasteiger partial charge in [0.2, 0.25) is 0 Å². The van der Waals surface area contributed by atoms with Gasteiger partial charge in [0.05, 0.1) is 0 Å². The molecular weight excluding hydrogens is 224 g/mol. The summed E-state index contributed by atoms with van der Waals surface area (Å²) in [6.07, 6.45) is 8.53. The lowest BCUT2D eigenvalue weighted by atomic mass is 9.89. The highest BCUT2D eigenvalue weighted by molar-refractivity contribution is 5.56. The third-order valence-corrected chi connectivity index (χ3v) is 3.71. The van der Waals surface area contributed by atoms with Gasteiger partial charge in [-0.25, -0.2) is 9.97 Å². The van der Waals surface area contributed by atoms with Crippen molar-refractivity contribution in [3.63, 3.8) is 0 Å². The van der Waals surface area contributed by atoms with Crippen molar-refractivity contribution < 1.29 is 0 Å². The zero-order chi connectivity index (χ0) is 12.8. The predicted octanol–water partition coefficient (Wildman–Crippen LogP) is 3.21. The zero-order valence-electron chi connectivity index (χ0n) is 11.5. The average Bonchev–Trinajstić information content (AvgIpc) is 2.41. The highest BCUT2D eigenvalue weighted by Gasteiger charge is 2.14. The molecule has 0 aromatic carbocycles. The molecule has 1 saturated carbocycles. The van der Waals surface area contributed by atoms with Crippen LogP contribution in [0.2, 0.25) is 0 Å². The van der Waals surface area contributed by atoms with Crippen molar-refractivity contribution in [2.24, 2.45) is 5.92 Å². The van der Waals surface area contributed by atoms with Crippen molar-refractivity contribution >= 4 is 11.6 Å². The molecule has 1 aliphatic carbocycles. The number of rotatable bonds is 5. The molecule has 0 unspecified atom stereocenters. The summed E-state index contributed by atoms with van der Waals surface area (Å²) >= 11 is 0. The summed E-state index contributed by atoms with van der Waals surface area (Å²) in [5, 5.41) is 6.75. The van der Waals surface area contributed by atoms with Gasteiger partial charge in [0.1, 0.15) is 18.0 Å². The third-order valence-electron chi connectivity index (χ3n) is 3.71. The maximum absolute atomic E-state index is 4.34. The van der Waals surface area contributed by atoms with Gasteiger partial charge >= 0.3 is 0 Å². The molecule has 0 atom stereocenters. The van der Waals surface area contributed by atoms with Gasteiger partial charge in [-0.1, -0.05) is 19.3 Å². The Bertz CT molecular complexity index is 372. The van der Waals surface area contributed by atoms with Crippen LogP contribution in [0.4, 0.5) is 11.6 Å². The van der Waals surface area contributed by atoms with E-state index in [-0.39, 0.29) is 0 Å². The molecule has 18 heavy (non-hydrogen) atoms. The number of aromatic nitrogens is 2. The molecule has 100 valence electrons. The van der Waals surface area contributed by atoms with Crippen LogP contribution in [-0.4, -0.2) is 23.1 Å². The SMILES string of the molecule is CCNc1ncnc(NCC2CCCCC2)c1C. The van der Waals surface area contributed by atoms with Crippen LogP contribution in [0.3, 0.4) is 0 Å². The minimum atomic E-state index is 0.815. The minimum Gasteiger partial charge on any atom is -0.370 e. The molecule has 4 nitrogen and oxygen atoms in total. The molecule has 0 amide bonds. The van der Waals surface area contributed by atoms with Crippen LogP contribution in [-0.2, 0) is 0 Å². The summed E-state index contributed by atoms with van der Waals surface area (Å²) in [4.78, 5) is 8.60. The van der Waals surface area contributed by atoms with E-state index in [9.17, 15) is 0 Å². The van der Waals surface area contributed by atoms with Crippen molar-refractivity contribution in [3.05, 3.63) is 11.9 Å². The van der Waals surface area contributed by atoms with E-state index < -0.39 is 0 Å². The van der Waals surface area contributed by atoms with Crippen LogP contribution in [0.1, 0.15) is 44.6 Å². The molecule has 0 aliphatic heterocycles. The second-order valence-electron chi connectivity index (χ2n) is 5.11. The van der Waals surface area contributed by atoms with E-state index in [1.54, 1.807) is 6.33 Å². The minimum absolute atomic E-state index is 0.815. The van der Waals surface area contributed by atoms with Crippen molar-refractivity contribution in [1.29, 1.82) is 0 Å². The number of hydrogen-bond donors (Lipinski definition) is 2. The molecule has 0 bridgehead atoms. The summed E-state index contributed by atoms with van der Waals surface area (Å²) in [5.41, 5.74) is 1.12. The van der Waals surface area contributed by atoms with E-state index in [0.717, 1.165) is 36.2 Å². The van der Waals surface area contributed by atoms with E-state index in [2.05, 4.69) is 34.4 Å². The average molecular weight is 248 g/mol. The van der Waals surface area contributed by atoms with Gasteiger partial charge in [-0.15, -0.1) is 0 Å². The Morgan fingerprint density at radius 1 is 1.11 bits per heavy atom. The quantitative estimate of drug-likeness (QED) is 0.840. The van der Waals surface area contributed by atoms with Crippen LogP contribution >= 0.6 is 0 Å². The largest absolute Gasteiger partial charge is 0.370 e. The highest BCUT2D eigenvalue weighted by atomic mass is 15.1. The number of hydrogen-bond acceptors (Lipinski definition) is 4. The lowest BCUT2D eigenvalue weighted by molar-refractivity contribution is 0.373. The summed E-state index contributed by atoms with van der Waals surface area (Å²) in [6.45, 7) is 6.08. The van der Waals surface area contributed by atoms with Crippen molar-refractivity contribution in [1.82, 2.24) is 9.97 Å². The molecule has 0 spiro atoms. The Balaban J connectivity index is 1.93. The first kappa shape index (κ1) is 13.1. The van der Waals surface area contributed by atoms with Crippen molar-refractivity contribution in [3.8, 4) is 0 Å². The van der Waals surface area contributed by atoms with E-state index in [1.165, 1.54) is 32.1 Å².